The van der Waals surface area contributed by atoms with Crippen LogP contribution in [0.1, 0.15) is 56.4 Å². The number of nitrogens with one attached hydrogen (secondary N) is 2. The number of hydrogen-bond donors (Lipinski definition) is 2. The Morgan fingerprint density at radius 2 is 2.10 bits per heavy atom. The fraction of sp³-hybridized carbons (Fsp3) is 0.722. The molecule has 1 aromatic rings. The predicted octanol–water partition coefficient (Wildman–Crippen LogP) is 3.54. The van der Waals surface area contributed by atoms with Gasteiger partial charge in [-0.2, -0.15) is 0 Å². The molecule has 2 aliphatic carbocycles. The molecule has 2 saturated carbocycles. The van der Waals surface area contributed by atoms with Gasteiger partial charge in [-0.25, -0.2) is 4.98 Å². The number of aromatic nitrogens is 1. The fourth-order valence-corrected chi connectivity index (χ4v) is 4.68. The van der Waals surface area contributed by atoms with Gasteiger partial charge < -0.3 is 10.6 Å². The number of pyridine rings is 1. The Morgan fingerprint density at radius 1 is 1.19 bits per heavy atom. The highest BCUT2D eigenvalue weighted by molar-refractivity contribution is 5.39. The third kappa shape index (κ3) is 2.94. The van der Waals surface area contributed by atoms with Gasteiger partial charge in [0.2, 0.25) is 0 Å². The molecule has 0 radical (unpaired) electrons. The summed E-state index contributed by atoms with van der Waals surface area (Å²) in [7, 11) is 0. The van der Waals surface area contributed by atoms with Crippen LogP contribution in [0.3, 0.4) is 0 Å². The van der Waals surface area contributed by atoms with Crippen molar-refractivity contribution < 1.29 is 0 Å². The molecule has 0 bridgehead atoms. The topological polar surface area (TPSA) is 37.0 Å². The van der Waals surface area contributed by atoms with Gasteiger partial charge in [0.1, 0.15) is 5.82 Å². The average molecular weight is 285 g/mol. The Labute approximate surface area is 127 Å². The molecule has 0 amide bonds. The second kappa shape index (κ2) is 5.96. The Morgan fingerprint density at radius 3 is 2.95 bits per heavy atom. The van der Waals surface area contributed by atoms with Crippen LogP contribution in [0.15, 0.2) is 18.3 Å². The molecule has 0 spiro atoms. The van der Waals surface area contributed by atoms with Crippen molar-refractivity contribution in [3.05, 3.63) is 23.9 Å². The van der Waals surface area contributed by atoms with Crippen LogP contribution < -0.4 is 10.6 Å². The van der Waals surface area contributed by atoms with Gasteiger partial charge in [0.25, 0.3) is 0 Å². The molecule has 3 heteroatoms. The number of fused-ring (bicyclic) bond motifs is 1. The Kier molecular flexibility index (Phi) is 3.85. The van der Waals surface area contributed by atoms with Crippen molar-refractivity contribution in [2.75, 3.05) is 18.4 Å². The molecule has 2 N–H and O–H groups in total. The van der Waals surface area contributed by atoms with Gasteiger partial charge in [-0.1, -0.05) is 12.8 Å². The molecular weight excluding hydrogens is 258 g/mol. The summed E-state index contributed by atoms with van der Waals surface area (Å²) in [5.41, 5.74) is 1.50. The third-order valence-electron chi connectivity index (χ3n) is 5.92. The maximum absolute atomic E-state index is 4.52. The highest BCUT2D eigenvalue weighted by Crippen LogP contribution is 2.42. The summed E-state index contributed by atoms with van der Waals surface area (Å²) < 4.78 is 0. The molecule has 3 nitrogen and oxygen atoms in total. The minimum absolute atomic E-state index is 0.739. The molecule has 21 heavy (non-hydrogen) atoms. The summed E-state index contributed by atoms with van der Waals surface area (Å²) >= 11 is 0. The second-order valence-corrected chi connectivity index (χ2v) is 7.28. The molecule has 1 saturated heterocycles. The van der Waals surface area contributed by atoms with Gasteiger partial charge in [0.15, 0.2) is 0 Å². The molecule has 3 fully saturated rings. The number of rotatable bonds is 4. The average Bonchev–Trinajstić information content (AvgIpc) is 3.22. The smallest absolute Gasteiger partial charge is 0.126 e. The molecule has 3 aliphatic rings. The highest BCUT2D eigenvalue weighted by atomic mass is 15.0. The van der Waals surface area contributed by atoms with Gasteiger partial charge in [-0.15, -0.1) is 0 Å². The summed E-state index contributed by atoms with van der Waals surface area (Å²) in [5, 5.41) is 7.24. The predicted molar refractivity (Wildman–Crippen MR) is 86.6 cm³/mol. The third-order valence-corrected chi connectivity index (χ3v) is 5.92. The Hall–Kier alpha value is -1.09. The summed E-state index contributed by atoms with van der Waals surface area (Å²) in [5.74, 6) is 3.61. The van der Waals surface area contributed by atoms with Crippen molar-refractivity contribution in [1.29, 1.82) is 0 Å². The van der Waals surface area contributed by atoms with Crippen LogP contribution in [0.5, 0.6) is 0 Å². The van der Waals surface area contributed by atoms with Gasteiger partial charge in [0, 0.05) is 18.8 Å². The van der Waals surface area contributed by atoms with E-state index >= 15 is 0 Å². The summed E-state index contributed by atoms with van der Waals surface area (Å²) in [6, 6.07) is 5.31. The lowest BCUT2D eigenvalue weighted by molar-refractivity contribution is 0.518. The van der Waals surface area contributed by atoms with Crippen LogP contribution >= 0.6 is 0 Å². The van der Waals surface area contributed by atoms with E-state index in [1.165, 1.54) is 57.1 Å². The van der Waals surface area contributed by atoms with E-state index in [0.717, 1.165) is 36.2 Å². The van der Waals surface area contributed by atoms with Crippen LogP contribution in [0, 0.1) is 11.8 Å². The van der Waals surface area contributed by atoms with E-state index < -0.39 is 0 Å². The number of hydrogen-bond acceptors (Lipinski definition) is 3. The van der Waals surface area contributed by atoms with E-state index in [-0.39, 0.29) is 0 Å². The maximum Gasteiger partial charge on any atom is 0.126 e. The van der Waals surface area contributed by atoms with Crippen molar-refractivity contribution in [2.45, 2.75) is 56.9 Å². The van der Waals surface area contributed by atoms with Crippen LogP contribution in [0.4, 0.5) is 5.82 Å². The summed E-state index contributed by atoms with van der Waals surface area (Å²) in [4.78, 5) is 4.52. The van der Waals surface area contributed by atoms with E-state index in [1.807, 2.05) is 6.20 Å². The largest absolute Gasteiger partial charge is 0.370 e. The Balaban J connectivity index is 1.38. The van der Waals surface area contributed by atoms with Crippen LogP contribution in [-0.2, 0) is 0 Å². The summed E-state index contributed by atoms with van der Waals surface area (Å²) in [6.45, 7) is 2.33. The minimum atomic E-state index is 0.739. The van der Waals surface area contributed by atoms with E-state index in [2.05, 4.69) is 27.8 Å². The lowest BCUT2D eigenvalue weighted by atomic mass is 9.96. The van der Waals surface area contributed by atoms with Crippen molar-refractivity contribution in [3.63, 3.8) is 0 Å². The molecule has 1 unspecified atom stereocenters. The zero-order valence-electron chi connectivity index (χ0n) is 12.9. The number of nitrogens with zero attached hydrogens (tertiary/aromatic N) is 1. The second-order valence-electron chi connectivity index (χ2n) is 7.28. The van der Waals surface area contributed by atoms with Gasteiger partial charge >= 0.3 is 0 Å². The van der Waals surface area contributed by atoms with Gasteiger partial charge in [0.05, 0.1) is 0 Å². The van der Waals surface area contributed by atoms with Crippen LogP contribution in [0.2, 0.25) is 0 Å². The first-order chi connectivity index (χ1) is 10.4. The maximum atomic E-state index is 4.52. The number of anilines is 1. The van der Waals surface area contributed by atoms with Gasteiger partial charge in [-0.05, 0) is 74.1 Å². The van der Waals surface area contributed by atoms with Gasteiger partial charge in [-0.3, -0.25) is 0 Å². The molecule has 4 rings (SSSR count). The van der Waals surface area contributed by atoms with Crippen molar-refractivity contribution in [3.8, 4) is 0 Å². The first-order valence-corrected chi connectivity index (χ1v) is 8.81. The van der Waals surface area contributed by atoms with Crippen LogP contribution in [-0.4, -0.2) is 24.1 Å². The lowest BCUT2D eigenvalue weighted by Gasteiger charge is -2.15. The molecule has 1 aromatic heterocycles. The quantitative estimate of drug-likeness (QED) is 0.888. The standard InChI is InChI=1S/C18H27N3/c1-2-4-13(3-1)12-21-18-11-14(5-8-20-18)16-9-15-6-7-19-17(15)10-16/h5,8,11,13,15-17,19H,1-4,6-7,9-10,12H2,(H,20,21)/t15-,16?,17+/m1/s1. The van der Waals surface area contributed by atoms with Crippen molar-refractivity contribution in [1.82, 2.24) is 10.3 Å². The normalized spacial score (nSPS) is 32.5. The molecule has 3 atom stereocenters. The van der Waals surface area contributed by atoms with E-state index in [4.69, 9.17) is 0 Å². The zero-order valence-corrected chi connectivity index (χ0v) is 12.9. The molecule has 0 aromatic carbocycles. The van der Waals surface area contributed by atoms with E-state index in [1.54, 1.807) is 0 Å². The fourth-order valence-electron chi connectivity index (χ4n) is 4.68. The molecular formula is C18H27N3. The lowest BCUT2D eigenvalue weighted by Crippen LogP contribution is -2.22. The minimum Gasteiger partial charge on any atom is -0.370 e. The van der Waals surface area contributed by atoms with Crippen molar-refractivity contribution in [2.24, 2.45) is 11.8 Å². The first kappa shape index (κ1) is 13.6. The zero-order chi connectivity index (χ0) is 14.1. The van der Waals surface area contributed by atoms with Crippen molar-refractivity contribution >= 4 is 5.82 Å². The van der Waals surface area contributed by atoms with E-state index in [9.17, 15) is 0 Å². The highest BCUT2D eigenvalue weighted by Gasteiger charge is 2.37. The SMILES string of the molecule is c1cc(C2C[C@H]3CCN[C@H]3C2)cc(NCC2CCCC2)n1. The summed E-state index contributed by atoms with van der Waals surface area (Å²) in [6.07, 6.45) is 11.7. The monoisotopic (exact) mass is 285 g/mol. The van der Waals surface area contributed by atoms with Crippen LogP contribution in [0.25, 0.3) is 0 Å². The molecule has 2 heterocycles. The molecule has 1 aliphatic heterocycles. The van der Waals surface area contributed by atoms with E-state index in [0.29, 0.717) is 0 Å². The molecule has 114 valence electrons. The first-order valence-electron chi connectivity index (χ1n) is 8.81. The Bertz CT molecular complexity index is 469.